The first-order chi connectivity index (χ1) is 9.79. The van der Waals surface area contributed by atoms with Crippen LogP contribution in [0.25, 0.3) is 0 Å². The lowest BCUT2D eigenvalue weighted by Gasteiger charge is -2.24. The third kappa shape index (κ3) is 2.24. The molecule has 1 N–H and O–H groups in total. The predicted octanol–water partition coefficient (Wildman–Crippen LogP) is 1.79. The highest BCUT2D eigenvalue weighted by molar-refractivity contribution is 5.90. The standard InChI is InChI=1S/C14H16N4O2/c1-20-11-5-2-4-10(8-11)12-6-3-7-18(12)14(19)13-15-9-16-17-13/h2,4-5,8-9,12H,3,6-7H2,1H3,(H,15,16,17). The SMILES string of the molecule is COc1cccc(C2CCCN2C(=O)c2ncn[nH]2)c1. The molecule has 0 saturated carbocycles. The van der Waals surface area contributed by atoms with E-state index in [1.807, 2.05) is 29.2 Å². The Kier molecular flexibility index (Phi) is 3.37. The van der Waals surface area contributed by atoms with Crippen molar-refractivity contribution in [2.24, 2.45) is 0 Å². The summed E-state index contributed by atoms with van der Waals surface area (Å²) >= 11 is 0. The number of methoxy groups -OCH3 is 1. The quantitative estimate of drug-likeness (QED) is 0.924. The van der Waals surface area contributed by atoms with Gasteiger partial charge in [-0.1, -0.05) is 12.1 Å². The maximum atomic E-state index is 12.4. The number of hydrogen-bond donors (Lipinski definition) is 1. The Morgan fingerprint density at radius 2 is 2.40 bits per heavy atom. The minimum absolute atomic E-state index is 0.0719. The maximum Gasteiger partial charge on any atom is 0.291 e. The number of hydrogen-bond acceptors (Lipinski definition) is 4. The van der Waals surface area contributed by atoms with E-state index in [2.05, 4.69) is 15.2 Å². The second-order valence-electron chi connectivity index (χ2n) is 4.77. The summed E-state index contributed by atoms with van der Waals surface area (Å²) in [5.74, 6) is 0.995. The van der Waals surface area contributed by atoms with Gasteiger partial charge < -0.3 is 9.64 Å². The summed E-state index contributed by atoms with van der Waals surface area (Å²) < 4.78 is 5.25. The van der Waals surface area contributed by atoms with Gasteiger partial charge in [-0.15, -0.1) is 0 Å². The highest BCUT2D eigenvalue weighted by atomic mass is 16.5. The number of nitrogens with one attached hydrogen (secondary N) is 1. The number of carbonyl (C=O) groups is 1. The summed E-state index contributed by atoms with van der Waals surface area (Å²) in [6.45, 7) is 0.738. The Morgan fingerprint density at radius 1 is 1.50 bits per heavy atom. The first kappa shape index (κ1) is 12.7. The molecule has 0 spiro atoms. The molecule has 1 aliphatic rings. The van der Waals surface area contributed by atoms with Crippen LogP contribution < -0.4 is 4.74 Å². The van der Waals surface area contributed by atoms with E-state index in [0.29, 0.717) is 5.82 Å². The zero-order valence-corrected chi connectivity index (χ0v) is 11.2. The molecule has 1 unspecified atom stereocenters. The number of aromatic nitrogens is 3. The van der Waals surface area contributed by atoms with E-state index < -0.39 is 0 Å². The molecule has 1 aromatic carbocycles. The summed E-state index contributed by atoms with van der Waals surface area (Å²) in [7, 11) is 1.64. The van der Waals surface area contributed by atoms with E-state index in [9.17, 15) is 4.79 Å². The molecular formula is C14H16N4O2. The minimum Gasteiger partial charge on any atom is -0.497 e. The molecule has 0 radical (unpaired) electrons. The fraction of sp³-hybridized carbons (Fsp3) is 0.357. The maximum absolute atomic E-state index is 12.4. The summed E-state index contributed by atoms with van der Waals surface area (Å²) in [6, 6.07) is 7.93. The molecule has 1 fully saturated rings. The molecule has 2 aromatic rings. The largest absolute Gasteiger partial charge is 0.497 e. The molecule has 1 aliphatic heterocycles. The third-order valence-corrected chi connectivity index (χ3v) is 3.61. The number of ether oxygens (including phenoxy) is 1. The second kappa shape index (κ2) is 5.32. The smallest absolute Gasteiger partial charge is 0.291 e. The van der Waals surface area contributed by atoms with Gasteiger partial charge in [0.15, 0.2) is 0 Å². The van der Waals surface area contributed by atoms with Gasteiger partial charge in [-0.3, -0.25) is 9.89 Å². The lowest BCUT2D eigenvalue weighted by atomic mass is 10.0. The van der Waals surface area contributed by atoms with Gasteiger partial charge in [0.25, 0.3) is 5.91 Å². The summed E-state index contributed by atoms with van der Waals surface area (Å²) in [5.41, 5.74) is 1.09. The van der Waals surface area contributed by atoms with Gasteiger partial charge in [-0.25, -0.2) is 4.98 Å². The number of amides is 1. The van der Waals surface area contributed by atoms with E-state index in [4.69, 9.17) is 4.74 Å². The Bertz CT molecular complexity index is 597. The monoisotopic (exact) mass is 272 g/mol. The average molecular weight is 272 g/mol. The Morgan fingerprint density at radius 3 is 3.15 bits per heavy atom. The Balaban J connectivity index is 1.86. The van der Waals surface area contributed by atoms with Crippen LogP contribution in [-0.2, 0) is 0 Å². The first-order valence-corrected chi connectivity index (χ1v) is 6.60. The molecule has 1 amide bonds. The number of aromatic amines is 1. The van der Waals surface area contributed by atoms with Crippen LogP contribution in [-0.4, -0.2) is 39.6 Å². The van der Waals surface area contributed by atoms with Crippen molar-refractivity contribution in [1.82, 2.24) is 20.1 Å². The lowest BCUT2D eigenvalue weighted by molar-refractivity contribution is 0.0723. The molecule has 6 nitrogen and oxygen atoms in total. The summed E-state index contributed by atoms with van der Waals surface area (Å²) in [6.07, 6.45) is 3.29. The number of nitrogens with zero attached hydrogens (tertiary/aromatic N) is 3. The van der Waals surface area contributed by atoms with Crippen molar-refractivity contribution in [3.63, 3.8) is 0 Å². The van der Waals surface area contributed by atoms with Gasteiger partial charge in [0.1, 0.15) is 12.1 Å². The molecular weight excluding hydrogens is 256 g/mol. The number of benzene rings is 1. The molecule has 6 heteroatoms. The zero-order valence-electron chi connectivity index (χ0n) is 11.2. The van der Waals surface area contributed by atoms with E-state index in [1.165, 1.54) is 6.33 Å². The fourth-order valence-corrected chi connectivity index (χ4v) is 2.65. The molecule has 0 aliphatic carbocycles. The van der Waals surface area contributed by atoms with Crippen molar-refractivity contribution in [2.45, 2.75) is 18.9 Å². The van der Waals surface area contributed by atoms with Gasteiger partial charge in [-0.05, 0) is 30.5 Å². The highest BCUT2D eigenvalue weighted by Gasteiger charge is 2.31. The fourth-order valence-electron chi connectivity index (χ4n) is 2.65. The summed E-state index contributed by atoms with van der Waals surface area (Å²) in [4.78, 5) is 18.2. The van der Waals surface area contributed by atoms with E-state index in [-0.39, 0.29) is 11.9 Å². The van der Waals surface area contributed by atoms with Crippen molar-refractivity contribution in [3.05, 3.63) is 42.0 Å². The average Bonchev–Trinajstić information content (AvgIpc) is 3.17. The molecule has 1 aromatic heterocycles. The van der Waals surface area contributed by atoms with Crippen molar-refractivity contribution in [3.8, 4) is 5.75 Å². The van der Waals surface area contributed by atoms with Gasteiger partial charge in [0.05, 0.1) is 13.2 Å². The van der Waals surface area contributed by atoms with Crippen LogP contribution in [0.4, 0.5) is 0 Å². The van der Waals surface area contributed by atoms with Crippen molar-refractivity contribution < 1.29 is 9.53 Å². The van der Waals surface area contributed by atoms with Gasteiger partial charge in [0, 0.05) is 6.54 Å². The molecule has 0 bridgehead atoms. The first-order valence-electron chi connectivity index (χ1n) is 6.60. The molecule has 104 valence electrons. The number of H-pyrrole nitrogens is 1. The molecule has 2 heterocycles. The van der Waals surface area contributed by atoms with E-state index in [0.717, 1.165) is 30.7 Å². The number of carbonyl (C=O) groups excluding carboxylic acids is 1. The van der Waals surface area contributed by atoms with Crippen molar-refractivity contribution in [1.29, 1.82) is 0 Å². The van der Waals surface area contributed by atoms with Crippen molar-refractivity contribution in [2.75, 3.05) is 13.7 Å². The Hall–Kier alpha value is -2.37. The second-order valence-corrected chi connectivity index (χ2v) is 4.77. The van der Waals surface area contributed by atoms with E-state index >= 15 is 0 Å². The molecule has 1 atom stereocenters. The van der Waals surface area contributed by atoms with Crippen LogP contribution in [0.15, 0.2) is 30.6 Å². The van der Waals surface area contributed by atoms with Crippen LogP contribution >= 0.6 is 0 Å². The zero-order chi connectivity index (χ0) is 13.9. The van der Waals surface area contributed by atoms with Crippen LogP contribution in [0.5, 0.6) is 5.75 Å². The third-order valence-electron chi connectivity index (χ3n) is 3.61. The molecule has 1 saturated heterocycles. The van der Waals surface area contributed by atoms with Crippen LogP contribution in [0, 0.1) is 0 Å². The van der Waals surface area contributed by atoms with Crippen LogP contribution in [0.2, 0.25) is 0 Å². The Labute approximate surface area is 116 Å². The van der Waals surface area contributed by atoms with Gasteiger partial charge in [0.2, 0.25) is 5.82 Å². The highest BCUT2D eigenvalue weighted by Crippen LogP contribution is 2.34. The minimum atomic E-state index is -0.104. The van der Waals surface area contributed by atoms with Gasteiger partial charge >= 0.3 is 0 Å². The van der Waals surface area contributed by atoms with E-state index in [1.54, 1.807) is 7.11 Å². The normalized spacial score (nSPS) is 18.2. The van der Waals surface area contributed by atoms with Gasteiger partial charge in [-0.2, -0.15) is 5.10 Å². The van der Waals surface area contributed by atoms with Crippen LogP contribution in [0.1, 0.15) is 35.1 Å². The lowest BCUT2D eigenvalue weighted by Crippen LogP contribution is -2.31. The predicted molar refractivity (Wildman–Crippen MR) is 72.4 cm³/mol. The molecule has 20 heavy (non-hydrogen) atoms. The molecule has 3 rings (SSSR count). The topological polar surface area (TPSA) is 71.1 Å². The summed E-state index contributed by atoms with van der Waals surface area (Å²) in [5, 5.41) is 6.37. The number of likely N-dealkylation sites (tertiary alicyclic amines) is 1. The van der Waals surface area contributed by atoms with Crippen LogP contribution in [0.3, 0.4) is 0 Å². The number of rotatable bonds is 3. The van der Waals surface area contributed by atoms with Crippen molar-refractivity contribution >= 4 is 5.91 Å².